The zero-order valence-corrected chi connectivity index (χ0v) is 15.9. The van der Waals surface area contributed by atoms with Crippen LogP contribution in [0, 0.1) is 0 Å². The maximum Gasteiger partial charge on any atom is 0.118 e. The van der Waals surface area contributed by atoms with E-state index >= 15 is 0 Å². The van der Waals surface area contributed by atoms with Gasteiger partial charge in [-0.2, -0.15) is 0 Å². The summed E-state index contributed by atoms with van der Waals surface area (Å²) in [5, 5.41) is 0. The Labute approximate surface area is 155 Å². The van der Waals surface area contributed by atoms with Crippen molar-refractivity contribution in [2.45, 2.75) is 13.1 Å². The maximum absolute atomic E-state index is 5.17. The van der Waals surface area contributed by atoms with E-state index in [2.05, 4.69) is 48.0 Å². The van der Waals surface area contributed by atoms with Crippen LogP contribution in [0.5, 0.6) is 0 Å². The highest BCUT2D eigenvalue weighted by Gasteiger charge is 2.07. The lowest BCUT2D eigenvalue weighted by molar-refractivity contribution is 0.371. The highest BCUT2D eigenvalue weighted by molar-refractivity contribution is 7.96. The van der Waals surface area contributed by atoms with Gasteiger partial charge in [-0.25, -0.2) is 4.31 Å². The summed E-state index contributed by atoms with van der Waals surface area (Å²) in [6, 6.07) is 16.7. The first kappa shape index (κ1) is 19.2. The average Bonchev–Trinajstić information content (AvgIpc) is 2.67. The van der Waals surface area contributed by atoms with Crippen molar-refractivity contribution in [2.75, 3.05) is 20.5 Å². The lowest BCUT2D eigenvalue weighted by Crippen LogP contribution is -2.14. The number of benzene rings is 2. The molecule has 0 bridgehead atoms. The van der Waals surface area contributed by atoms with Gasteiger partial charge in [0.2, 0.25) is 0 Å². The van der Waals surface area contributed by atoms with Crippen LogP contribution in [0.3, 0.4) is 0 Å². The molecule has 0 spiro atoms. The van der Waals surface area contributed by atoms with Gasteiger partial charge in [-0.3, -0.25) is 0 Å². The van der Waals surface area contributed by atoms with Gasteiger partial charge in [0.25, 0.3) is 0 Å². The topological polar surface area (TPSA) is 21.7 Å². The second-order valence-corrected chi connectivity index (χ2v) is 6.51. The van der Waals surface area contributed by atoms with E-state index in [0.29, 0.717) is 11.5 Å². The minimum atomic E-state index is 0.686. The Morgan fingerprint density at radius 3 is 1.44 bits per heavy atom. The summed E-state index contributed by atoms with van der Waals surface area (Å²) >= 11 is 1.74. The average molecular weight is 356 g/mol. The molecule has 0 aliphatic heterocycles. The minimum absolute atomic E-state index is 0.686. The number of hydrogen-bond acceptors (Lipinski definition) is 4. The fraction of sp³-hybridized carbons (Fsp3) is 0.238. The van der Waals surface area contributed by atoms with E-state index in [0.717, 1.165) is 24.2 Å². The summed E-state index contributed by atoms with van der Waals surface area (Å²) in [5.41, 5.74) is 4.53. The molecule has 0 aliphatic carbocycles. The van der Waals surface area contributed by atoms with E-state index in [1.165, 1.54) is 11.1 Å². The predicted molar refractivity (Wildman–Crippen MR) is 108 cm³/mol. The molecule has 0 amide bonds. The van der Waals surface area contributed by atoms with Crippen molar-refractivity contribution in [1.29, 1.82) is 0 Å². The molecule has 0 fully saturated rings. The van der Waals surface area contributed by atoms with Crippen LogP contribution in [0.15, 0.2) is 61.7 Å². The summed E-state index contributed by atoms with van der Waals surface area (Å²) in [5.74, 6) is 1.37. The number of hydrogen-bond donors (Lipinski definition) is 0. The molecule has 0 saturated heterocycles. The summed E-state index contributed by atoms with van der Waals surface area (Å²) in [4.78, 5) is 0. The lowest BCUT2D eigenvalue weighted by atomic mass is 10.1. The van der Waals surface area contributed by atoms with Crippen LogP contribution < -0.4 is 0 Å². The van der Waals surface area contributed by atoms with Crippen molar-refractivity contribution >= 4 is 23.5 Å². The maximum atomic E-state index is 5.17. The van der Waals surface area contributed by atoms with Crippen molar-refractivity contribution < 1.29 is 9.47 Å². The van der Waals surface area contributed by atoms with Gasteiger partial charge in [0.1, 0.15) is 11.5 Å². The highest BCUT2D eigenvalue weighted by atomic mass is 32.2. The molecule has 2 aromatic rings. The molecular formula is C21H25NO2S. The van der Waals surface area contributed by atoms with E-state index in [1.54, 1.807) is 26.2 Å². The van der Waals surface area contributed by atoms with Crippen molar-refractivity contribution in [1.82, 2.24) is 4.31 Å². The van der Waals surface area contributed by atoms with E-state index in [1.807, 2.05) is 24.3 Å². The molecule has 0 N–H and O–H groups in total. The summed E-state index contributed by atoms with van der Waals surface area (Å²) < 4.78 is 12.7. The molecule has 2 rings (SSSR count). The largest absolute Gasteiger partial charge is 0.497 e. The molecule has 0 saturated carbocycles. The van der Waals surface area contributed by atoms with E-state index in [4.69, 9.17) is 9.47 Å². The fourth-order valence-electron chi connectivity index (χ4n) is 2.42. The van der Waals surface area contributed by atoms with Gasteiger partial charge in [0.15, 0.2) is 0 Å². The molecule has 0 heterocycles. The number of nitrogens with zero attached hydrogens (tertiary/aromatic N) is 1. The van der Waals surface area contributed by atoms with Crippen LogP contribution in [0.4, 0.5) is 0 Å². The Morgan fingerprint density at radius 2 is 1.16 bits per heavy atom. The molecule has 4 heteroatoms. The van der Waals surface area contributed by atoms with Crippen LogP contribution in [0.25, 0.3) is 11.5 Å². The Morgan fingerprint density at radius 1 is 0.800 bits per heavy atom. The third kappa shape index (κ3) is 5.41. The lowest BCUT2D eigenvalue weighted by Gasteiger charge is -2.20. The third-order valence-electron chi connectivity index (χ3n) is 4.02. The Balaban J connectivity index is 2.00. The molecule has 132 valence electrons. The minimum Gasteiger partial charge on any atom is -0.497 e. The second kappa shape index (κ2) is 9.35. The highest BCUT2D eigenvalue weighted by Crippen LogP contribution is 2.20. The molecule has 0 radical (unpaired) electrons. The van der Waals surface area contributed by atoms with Gasteiger partial charge in [0.05, 0.1) is 14.2 Å². The number of methoxy groups -OCH3 is 2. The molecule has 0 aliphatic rings. The number of ether oxygens (including phenoxy) is 2. The van der Waals surface area contributed by atoms with E-state index in [9.17, 15) is 0 Å². The summed E-state index contributed by atoms with van der Waals surface area (Å²) in [6.45, 7) is 9.50. The van der Waals surface area contributed by atoms with Crippen LogP contribution in [0.2, 0.25) is 0 Å². The van der Waals surface area contributed by atoms with Crippen molar-refractivity contribution in [3.8, 4) is 0 Å². The molecule has 3 nitrogen and oxygen atoms in total. The first-order chi connectivity index (χ1) is 12.1. The van der Waals surface area contributed by atoms with E-state index in [-0.39, 0.29) is 0 Å². The predicted octanol–water partition coefficient (Wildman–Crippen LogP) is 5.20. The van der Waals surface area contributed by atoms with Crippen molar-refractivity contribution in [3.05, 3.63) is 83.9 Å². The molecule has 2 aromatic carbocycles. The zero-order chi connectivity index (χ0) is 18.2. The molecule has 0 atom stereocenters. The van der Waals surface area contributed by atoms with Gasteiger partial charge in [-0.05, 0) is 17.4 Å². The second-order valence-electron chi connectivity index (χ2n) is 5.63. The first-order valence-corrected chi connectivity index (χ1v) is 9.19. The standard InChI is InChI=1S/C21H25NO2S/c1-16(23-3)20-10-6-18(7-11-20)14-22(25-5)15-19-8-12-21(13-9-19)17(2)24-4/h6-13H,1-2,14-15H2,3-5H3. The first-order valence-electron chi connectivity index (χ1n) is 8.00. The normalized spacial score (nSPS) is 10.6. The number of rotatable bonds is 9. The Kier molecular flexibility index (Phi) is 7.16. The van der Waals surface area contributed by atoms with Gasteiger partial charge < -0.3 is 9.47 Å². The quantitative estimate of drug-likeness (QED) is 0.455. The van der Waals surface area contributed by atoms with Crippen LogP contribution in [0.1, 0.15) is 22.3 Å². The smallest absolute Gasteiger partial charge is 0.118 e. The van der Waals surface area contributed by atoms with E-state index < -0.39 is 0 Å². The summed E-state index contributed by atoms with van der Waals surface area (Å²) in [7, 11) is 3.28. The van der Waals surface area contributed by atoms with Gasteiger partial charge in [-0.15, -0.1) is 0 Å². The molecule has 25 heavy (non-hydrogen) atoms. The van der Waals surface area contributed by atoms with Crippen LogP contribution in [-0.4, -0.2) is 24.8 Å². The SMILES string of the molecule is C=C(OC)c1ccc(CN(Cc2ccc(C(=C)OC)cc2)SC)cc1. The Bertz CT molecular complexity index is 646. The fourth-order valence-corrected chi connectivity index (χ4v) is 2.98. The monoisotopic (exact) mass is 355 g/mol. The molecular weight excluding hydrogens is 330 g/mol. The van der Waals surface area contributed by atoms with Gasteiger partial charge in [0, 0.05) is 24.2 Å². The van der Waals surface area contributed by atoms with Crippen molar-refractivity contribution in [3.63, 3.8) is 0 Å². The van der Waals surface area contributed by atoms with Crippen molar-refractivity contribution in [2.24, 2.45) is 0 Å². The zero-order valence-electron chi connectivity index (χ0n) is 15.1. The van der Waals surface area contributed by atoms with Crippen LogP contribution >= 0.6 is 11.9 Å². The van der Waals surface area contributed by atoms with Crippen LogP contribution in [-0.2, 0) is 22.6 Å². The third-order valence-corrected chi connectivity index (χ3v) is 4.80. The summed E-state index contributed by atoms with van der Waals surface area (Å²) in [6.07, 6.45) is 2.10. The molecule has 0 unspecified atom stereocenters. The molecule has 0 aromatic heterocycles. The van der Waals surface area contributed by atoms with Gasteiger partial charge in [-0.1, -0.05) is 73.6 Å². The Hall–Kier alpha value is -2.17. The van der Waals surface area contributed by atoms with Gasteiger partial charge >= 0.3 is 0 Å².